The van der Waals surface area contributed by atoms with Gasteiger partial charge in [0.05, 0.1) is 6.61 Å². The number of ether oxygens (including phenoxy) is 1. The molecule has 5 heteroatoms. The van der Waals surface area contributed by atoms with Gasteiger partial charge in [0.1, 0.15) is 5.82 Å². The van der Waals surface area contributed by atoms with Crippen molar-refractivity contribution in [2.24, 2.45) is 0 Å². The Balaban J connectivity index is 2.17. The number of anilines is 1. The first-order valence-electron chi connectivity index (χ1n) is 5.47. The van der Waals surface area contributed by atoms with Crippen molar-refractivity contribution < 1.29 is 19.0 Å². The molecule has 1 aromatic rings. The molecule has 2 rings (SSSR count). The molecule has 0 aliphatic carbocycles. The Hall–Kier alpha value is -1.62. The zero-order valence-electron chi connectivity index (χ0n) is 9.28. The van der Waals surface area contributed by atoms with E-state index in [9.17, 15) is 14.3 Å². The monoisotopic (exact) mass is 239 g/mol. The Morgan fingerprint density at radius 1 is 1.41 bits per heavy atom. The van der Waals surface area contributed by atoms with Gasteiger partial charge in [-0.25, -0.2) is 9.18 Å². The lowest BCUT2D eigenvalue weighted by atomic mass is 9.92. The van der Waals surface area contributed by atoms with E-state index in [2.05, 4.69) is 5.32 Å². The Labute approximate surface area is 98.4 Å². The van der Waals surface area contributed by atoms with Crippen LogP contribution in [0, 0.1) is 5.82 Å². The highest BCUT2D eigenvalue weighted by Gasteiger charge is 2.40. The maximum Gasteiger partial charge on any atom is 0.331 e. The Morgan fingerprint density at radius 2 is 2.12 bits per heavy atom. The highest BCUT2D eigenvalue weighted by atomic mass is 19.1. The summed E-state index contributed by atoms with van der Waals surface area (Å²) in [5.74, 6) is -1.29. The van der Waals surface area contributed by atoms with Crippen LogP contribution in [0.25, 0.3) is 0 Å². The van der Waals surface area contributed by atoms with Crippen LogP contribution < -0.4 is 5.32 Å². The topological polar surface area (TPSA) is 58.6 Å². The van der Waals surface area contributed by atoms with Gasteiger partial charge in [-0.2, -0.15) is 0 Å². The zero-order chi connectivity index (χ0) is 12.3. The van der Waals surface area contributed by atoms with Crippen LogP contribution in [0.15, 0.2) is 24.3 Å². The van der Waals surface area contributed by atoms with Crippen LogP contribution in [0.2, 0.25) is 0 Å². The van der Waals surface area contributed by atoms with Crippen molar-refractivity contribution in [1.29, 1.82) is 0 Å². The smallest absolute Gasteiger partial charge is 0.331 e. The molecule has 1 aliphatic heterocycles. The van der Waals surface area contributed by atoms with Gasteiger partial charge in [-0.1, -0.05) is 0 Å². The quantitative estimate of drug-likeness (QED) is 0.845. The van der Waals surface area contributed by atoms with Gasteiger partial charge in [0.15, 0.2) is 5.54 Å². The second-order valence-electron chi connectivity index (χ2n) is 4.18. The van der Waals surface area contributed by atoms with Crippen LogP contribution >= 0.6 is 0 Å². The minimum Gasteiger partial charge on any atom is -0.479 e. The summed E-state index contributed by atoms with van der Waals surface area (Å²) in [6, 6.07) is 5.63. The van der Waals surface area contributed by atoms with Gasteiger partial charge in [-0.3, -0.25) is 0 Å². The van der Waals surface area contributed by atoms with Crippen molar-refractivity contribution in [2.75, 3.05) is 18.5 Å². The third-order valence-electron chi connectivity index (χ3n) is 2.88. The molecule has 0 amide bonds. The van der Waals surface area contributed by atoms with Gasteiger partial charge in [0.25, 0.3) is 0 Å². The van der Waals surface area contributed by atoms with Crippen LogP contribution in [-0.2, 0) is 9.53 Å². The molecule has 0 saturated carbocycles. The number of halogens is 1. The third kappa shape index (κ3) is 2.55. The molecule has 4 nitrogen and oxygen atoms in total. The number of aliphatic carboxylic acids is 1. The number of rotatable bonds is 3. The number of carbonyl (C=O) groups is 1. The maximum absolute atomic E-state index is 12.8. The summed E-state index contributed by atoms with van der Waals surface area (Å²) >= 11 is 0. The third-order valence-corrected chi connectivity index (χ3v) is 2.88. The molecule has 1 atom stereocenters. The van der Waals surface area contributed by atoms with Crippen LogP contribution in [0.5, 0.6) is 0 Å². The van der Waals surface area contributed by atoms with Gasteiger partial charge in [0.2, 0.25) is 0 Å². The number of carboxylic acids is 1. The highest BCUT2D eigenvalue weighted by Crippen LogP contribution is 2.25. The molecule has 1 aliphatic rings. The molecule has 17 heavy (non-hydrogen) atoms. The molecule has 0 radical (unpaired) electrons. The summed E-state index contributed by atoms with van der Waals surface area (Å²) in [7, 11) is 0. The van der Waals surface area contributed by atoms with E-state index in [0.717, 1.165) is 0 Å². The fourth-order valence-corrected chi connectivity index (χ4v) is 1.92. The fourth-order valence-electron chi connectivity index (χ4n) is 1.92. The van der Waals surface area contributed by atoms with E-state index in [0.29, 0.717) is 25.1 Å². The summed E-state index contributed by atoms with van der Waals surface area (Å²) in [4.78, 5) is 11.3. The van der Waals surface area contributed by atoms with Crippen LogP contribution in [-0.4, -0.2) is 29.8 Å². The molecule has 1 aromatic carbocycles. The SMILES string of the molecule is O=C(O)C1(Nc2ccc(F)cc2)CCCOC1. The molecule has 1 fully saturated rings. The summed E-state index contributed by atoms with van der Waals surface area (Å²) in [5, 5.41) is 12.2. The van der Waals surface area contributed by atoms with Gasteiger partial charge in [-0.05, 0) is 37.1 Å². The normalized spacial score (nSPS) is 24.3. The van der Waals surface area contributed by atoms with Gasteiger partial charge >= 0.3 is 5.97 Å². The minimum atomic E-state index is -1.10. The van der Waals surface area contributed by atoms with Crippen LogP contribution in [0.1, 0.15) is 12.8 Å². The number of hydrogen-bond acceptors (Lipinski definition) is 3. The second kappa shape index (κ2) is 4.71. The fraction of sp³-hybridized carbons (Fsp3) is 0.417. The van der Waals surface area contributed by atoms with Crippen molar-refractivity contribution in [3.63, 3.8) is 0 Å². The van der Waals surface area contributed by atoms with E-state index in [1.54, 1.807) is 0 Å². The second-order valence-corrected chi connectivity index (χ2v) is 4.18. The van der Waals surface area contributed by atoms with Crippen LogP contribution in [0.3, 0.4) is 0 Å². The predicted octanol–water partition coefficient (Wildman–Crippen LogP) is 1.87. The lowest BCUT2D eigenvalue weighted by Crippen LogP contribution is -2.52. The molecule has 2 N–H and O–H groups in total. The van der Waals surface area contributed by atoms with Crippen molar-refractivity contribution in [3.8, 4) is 0 Å². The van der Waals surface area contributed by atoms with Gasteiger partial charge in [0, 0.05) is 12.3 Å². The Morgan fingerprint density at radius 3 is 2.65 bits per heavy atom. The van der Waals surface area contributed by atoms with Crippen molar-refractivity contribution in [2.45, 2.75) is 18.4 Å². The van der Waals surface area contributed by atoms with E-state index in [4.69, 9.17) is 4.74 Å². The molecule has 0 bridgehead atoms. The number of benzene rings is 1. The van der Waals surface area contributed by atoms with E-state index < -0.39 is 11.5 Å². The molecular formula is C12H14FNO3. The standard InChI is InChI=1S/C12H14FNO3/c13-9-2-4-10(5-3-9)14-12(11(15)16)6-1-7-17-8-12/h2-5,14H,1,6-8H2,(H,15,16). The molecule has 92 valence electrons. The van der Waals surface area contributed by atoms with Crippen LogP contribution in [0.4, 0.5) is 10.1 Å². The number of carboxylic acid groups (broad SMARTS) is 1. The first-order valence-corrected chi connectivity index (χ1v) is 5.47. The first kappa shape index (κ1) is 11.9. The highest BCUT2D eigenvalue weighted by molar-refractivity contribution is 5.83. The lowest BCUT2D eigenvalue weighted by Gasteiger charge is -2.34. The lowest BCUT2D eigenvalue weighted by molar-refractivity contribution is -0.146. The zero-order valence-corrected chi connectivity index (χ0v) is 9.28. The van der Waals surface area contributed by atoms with E-state index in [1.165, 1.54) is 24.3 Å². The van der Waals surface area contributed by atoms with Crippen molar-refractivity contribution in [1.82, 2.24) is 0 Å². The van der Waals surface area contributed by atoms with E-state index >= 15 is 0 Å². The minimum absolute atomic E-state index is 0.125. The summed E-state index contributed by atoms with van der Waals surface area (Å²) < 4.78 is 18.0. The van der Waals surface area contributed by atoms with Gasteiger partial charge in [-0.15, -0.1) is 0 Å². The average Bonchev–Trinajstić information content (AvgIpc) is 2.33. The molecule has 1 unspecified atom stereocenters. The molecule has 1 heterocycles. The molecular weight excluding hydrogens is 225 g/mol. The van der Waals surface area contributed by atoms with E-state index in [-0.39, 0.29) is 12.4 Å². The van der Waals surface area contributed by atoms with Crippen molar-refractivity contribution in [3.05, 3.63) is 30.1 Å². The number of nitrogens with one attached hydrogen (secondary N) is 1. The largest absolute Gasteiger partial charge is 0.479 e. The van der Waals surface area contributed by atoms with Gasteiger partial charge < -0.3 is 15.2 Å². The van der Waals surface area contributed by atoms with E-state index in [1.807, 2.05) is 0 Å². The maximum atomic E-state index is 12.8. The number of hydrogen-bond donors (Lipinski definition) is 2. The predicted molar refractivity (Wildman–Crippen MR) is 60.4 cm³/mol. The van der Waals surface area contributed by atoms with Crippen molar-refractivity contribution >= 4 is 11.7 Å². The summed E-state index contributed by atoms with van der Waals surface area (Å²) in [6.07, 6.45) is 1.19. The molecule has 0 spiro atoms. The average molecular weight is 239 g/mol. The Bertz CT molecular complexity index is 399. The molecule has 0 aromatic heterocycles. The molecule has 1 saturated heterocycles. The Kier molecular flexibility index (Phi) is 3.28. The summed E-state index contributed by atoms with van der Waals surface area (Å²) in [5.41, 5.74) is -0.518. The summed E-state index contributed by atoms with van der Waals surface area (Å²) in [6.45, 7) is 0.708. The first-order chi connectivity index (χ1) is 8.12.